The summed E-state index contributed by atoms with van der Waals surface area (Å²) in [6, 6.07) is 10.5. The number of thiophene rings is 1. The van der Waals surface area contributed by atoms with Gasteiger partial charge in [0, 0.05) is 22.3 Å². The zero-order valence-corrected chi connectivity index (χ0v) is 16.2. The molecule has 0 saturated carbocycles. The molecule has 4 heteroatoms. The molecule has 3 rings (SSSR count). The first-order chi connectivity index (χ1) is 11.9. The number of benzene rings is 1. The molecule has 0 aliphatic heterocycles. The lowest BCUT2D eigenvalue weighted by atomic mass is 9.99. The number of hydrogen-bond donors (Lipinski definition) is 0. The van der Waals surface area contributed by atoms with Crippen LogP contribution in [0, 0.1) is 27.7 Å². The highest BCUT2D eigenvalue weighted by molar-refractivity contribution is 7.13. The van der Waals surface area contributed by atoms with Gasteiger partial charge in [0.2, 0.25) is 0 Å². The first kappa shape index (κ1) is 17.5. The van der Waals surface area contributed by atoms with Crippen LogP contribution >= 0.6 is 11.3 Å². The Labute approximate surface area is 152 Å². The number of esters is 1. The van der Waals surface area contributed by atoms with E-state index in [1.807, 2.05) is 6.92 Å². The maximum atomic E-state index is 12.8. The van der Waals surface area contributed by atoms with E-state index < -0.39 is 0 Å². The minimum atomic E-state index is -0.264. The molecule has 2 aromatic heterocycles. The summed E-state index contributed by atoms with van der Waals surface area (Å²) in [5.74, 6) is -0.264. The highest BCUT2D eigenvalue weighted by atomic mass is 32.1. The molecule has 3 nitrogen and oxygen atoms in total. The lowest BCUT2D eigenvalue weighted by Crippen LogP contribution is -2.10. The monoisotopic (exact) mass is 353 g/mol. The summed E-state index contributed by atoms with van der Waals surface area (Å²) in [5, 5.41) is 2.98. The zero-order chi connectivity index (χ0) is 18.1. The van der Waals surface area contributed by atoms with Crippen LogP contribution in [0.4, 0.5) is 0 Å². The molecule has 0 aliphatic rings. The smallest absolute Gasteiger partial charge is 0.341 e. The van der Waals surface area contributed by atoms with Gasteiger partial charge in [0.25, 0.3) is 0 Å². The van der Waals surface area contributed by atoms with Crippen molar-refractivity contribution < 1.29 is 9.53 Å². The standard InChI is InChI=1S/C21H23NO2S/c1-6-24-21(23)19-18(17-10-7-13(2)14(3)11-17)12-25-20(19)22-15(4)8-9-16(22)5/h7-12H,6H2,1-5H3. The summed E-state index contributed by atoms with van der Waals surface area (Å²) < 4.78 is 7.50. The van der Waals surface area contributed by atoms with E-state index in [0.29, 0.717) is 12.2 Å². The molecule has 0 N–H and O–H groups in total. The van der Waals surface area contributed by atoms with Gasteiger partial charge in [-0.2, -0.15) is 0 Å². The number of aromatic nitrogens is 1. The van der Waals surface area contributed by atoms with Crippen molar-refractivity contribution in [2.24, 2.45) is 0 Å². The van der Waals surface area contributed by atoms with Gasteiger partial charge in [-0.05, 0) is 63.4 Å². The van der Waals surface area contributed by atoms with Crippen molar-refractivity contribution in [3.8, 4) is 16.1 Å². The minimum absolute atomic E-state index is 0.264. The van der Waals surface area contributed by atoms with Crippen molar-refractivity contribution in [3.05, 3.63) is 63.8 Å². The summed E-state index contributed by atoms with van der Waals surface area (Å²) in [6.45, 7) is 10.5. The van der Waals surface area contributed by atoms with E-state index in [-0.39, 0.29) is 5.97 Å². The molecule has 0 spiro atoms. The van der Waals surface area contributed by atoms with Crippen LogP contribution in [0.3, 0.4) is 0 Å². The average molecular weight is 353 g/mol. The number of carbonyl (C=O) groups excluding carboxylic acids is 1. The van der Waals surface area contributed by atoms with Crippen LogP contribution in [0.25, 0.3) is 16.1 Å². The average Bonchev–Trinajstić information content (AvgIpc) is 3.13. The van der Waals surface area contributed by atoms with Crippen molar-refractivity contribution >= 4 is 17.3 Å². The summed E-state index contributed by atoms with van der Waals surface area (Å²) in [6.07, 6.45) is 0. The number of hydrogen-bond acceptors (Lipinski definition) is 3. The topological polar surface area (TPSA) is 31.2 Å². The molecule has 0 saturated heterocycles. The van der Waals surface area contributed by atoms with Gasteiger partial charge in [-0.1, -0.05) is 18.2 Å². The lowest BCUT2D eigenvalue weighted by molar-refractivity contribution is 0.0528. The van der Waals surface area contributed by atoms with Crippen molar-refractivity contribution in [2.75, 3.05) is 6.61 Å². The molecule has 0 fully saturated rings. The quantitative estimate of drug-likeness (QED) is 0.570. The van der Waals surface area contributed by atoms with Gasteiger partial charge in [0.1, 0.15) is 10.6 Å². The Bertz CT molecular complexity index is 914. The third-order valence-corrected chi connectivity index (χ3v) is 5.51. The van der Waals surface area contributed by atoms with Crippen LogP contribution in [-0.4, -0.2) is 17.1 Å². The maximum absolute atomic E-state index is 12.8. The molecule has 25 heavy (non-hydrogen) atoms. The van der Waals surface area contributed by atoms with Crippen LogP contribution in [-0.2, 0) is 4.74 Å². The Morgan fingerprint density at radius 2 is 1.72 bits per heavy atom. The largest absolute Gasteiger partial charge is 0.462 e. The number of rotatable bonds is 4. The van der Waals surface area contributed by atoms with E-state index in [0.717, 1.165) is 27.5 Å². The Morgan fingerprint density at radius 3 is 2.32 bits per heavy atom. The molecule has 0 radical (unpaired) electrons. The first-order valence-corrected chi connectivity index (χ1v) is 9.33. The predicted octanol–water partition coefficient (Wildman–Crippen LogP) is 5.62. The fraction of sp³-hybridized carbons (Fsp3) is 0.286. The molecule has 130 valence electrons. The summed E-state index contributed by atoms with van der Waals surface area (Å²) in [4.78, 5) is 12.8. The van der Waals surface area contributed by atoms with Crippen molar-refractivity contribution in [1.82, 2.24) is 4.57 Å². The molecule has 0 unspecified atom stereocenters. The number of aryl methyl sites for hydroxylation is 4. The van der Waals surface area contributed by atoms with Crippen LogP contribution < -0.4 is 0 Å². The highest BCUT2D eigenvalue weighted by Gasteiger charge is 2.24. The molecule has 0 amide bonds. The Hall–Kier alpha value is -2.33. The van der Waals surface area contributed by atoms with E-state index in [4.69, 9.17) is 4.74 Å². The third-order valence-electron chi connectivity index (χ3n) is 4.54. The van der Waals surface area contributed by atoms with Crippen LogP contribution in [0.5, 0.6) is 0 Å². The van der Waals surface area contributed by atoms with Crippen LogP contribution in [0.1, 0.15) is 39.8 Å². The second kappa shape index (κ2) is 6.89. The minimum Gasteiger partial charge on any atom is -0.462 e. The number of nitrogens with zero attached hydrogens (tertiary/aromatic N) is 1. The molecular weight excluding hydrogens is 330 g/mol. The maximum Gasteiger partial charge on any atom is 0.341 e. The van der Waals surface area contributed by atoms with Crippen molar-refractivity contribution in [3.63, 3.8) is 0 Å². The second-order valence-electron chi connectivity index (χ2n) is 6.30. The molecule has 2 heterocycles. The molecule has 0 bridgehead atoms. The van der Waals surface area contributed by atoms with Crippen LogP contribution in [0.15, 0.2) is 35.7 Å². The Kier molecular flexibility index (Phi) is 4.82. The summed E-state index contributed by atoms with van der Waals surface area (Å²) >= 11 is 1.58. The fourth-order valence-electron chi connectivity index (χ4n) is 3.02. The molecule has 1 aromatic carbocycles. The van der Waals surface area contributed by atoms with Gasteiger partial charge < -0.3 is 9.30 Å². The summed E-state index contributed by atoms with van der Waals surface area (Å²) in [5.41, 5.74) is 7.32. The lowest BCUT2D eigenvalue weighted by Gasteiger charge is -2.12. The number of carbonyl (C=O) groups is 1. The fourth-order valence-corrected chi connectivity index (χ4v) is 4.21. The van der Waals surface area contributed by atoms with E-state index >= 15 is 0 Å². The zero-order valence-electron chi connectivity index (χ0n) is 15.3. The predicted molar refractivity (Wildman–Crippen MR) is 104 cm³/mol. The summed E-state index contributed by atoms with van der Waals surface area (Å²) in [7, 11) is 0. The highest BCUT2D eigenvalue weighted by Crippen LogP contribution is 2.37. The van der Waals surface area contributed by atoms with E-state index in [1.54, 1.807) is 11.3 Å². The molecule has 0 atom stereocenters. The number of ether oxygens (including phenoxy) is 1. The van der Waals surface area contributed by atoms with E-state index in [9.17, 15) is 4.79 Å². The van der Waals surface area contributed by atoms with Gasteiger partial charge in [-0.3, -0.25) is 0 Å². The Morgan fingerprint density at radius 1 is 1.04 bits per heavy atom. The van der Waals surface area contributed by atoms with Gasteiger partial charge in [-0.25, -0.2) is 4.79 Å². The van der Waals surface area contributed by atoms with Gasteiger partial charge in [-0.15, -0.1) is 11.3 Å². The molecule has 0 aliphatic carbocycles. The van der Waals surface area contributed by atoms with Crippen molar-refractivity contribution in [2.45, 2.75) is 34.6 Å². The Balaban J connectivity index is 2.23. The van der Waals surface area contributed by atoms with E-state index in [2.05, 4.69) is 68.0 Å². The SMILES string of the molecule is CCOC(=O)c1c(-c2ccc(C)c(C)c2)csc1-n1c(C)ccc1C. The van der Waals surface area contributed by atoms with E-state index in [1.165, 1.54) is 11.1 Å². The van der Waals surface area contributed by atoms with Gasteiger partial charge >= 0.3 is 5.97 Å². The van der Waals surface area contributed by atoms with Gasteiger partial charge in [0.05, 0.1) is 6.61 Å². The molecular formula is C21H23NO2S. The molecule has 3 aromatic rings. The van der Waals surface area contributed by atoms with Crippen LogP contribution in [0.2, 0.25) is 0 Å². The third kappa shape index (κ3) is 3.14. The van der Waals surface area contributed by atoms with Gasteiger partial charge in [0.15, 0.2) is 0 Å². The van der Waals surface area contributed by atoms with Crippen molar-refractivity contribution in [1.29, 1.82) is 0 Å². The first-order valence-electron chi connectivity index (χ1n) is 8.45. The normalized spacial score (nSPS) is 10.9. The second-order valence-corrected chi connectivity index (χ2v) is 7.16.